The van der Waals surface area contributed by atoms with Crippen LogP contribution in [-0.2, 0) is 20.5 Å². The minimum absolute atomic E-state index is 0.306. The average Bonchev–Trinajstić information content (AvgIpc) is 2.71. The normalized spacial score (nSPS) is 11.2. The summed E-state index contributed by atoms with van der Waals surface area (Å²) in [5.41, 5.74) is -2.03. The summed E-state index contributed by atoms with van der Waals surface area (Å²) in [7, 11) is 0. The summed E-state index contributed by atoms with van der Waals surface area (Å²) in [6, 6.07) is 8.55. The molecule has 2 aromatic rings. The van der Waals surface area contributed by atoms with E-state index in [1.54, 1.807) is 31.2 Å². The molecule has 0 aliphatic carbocycles. The lowest BCUT2D eigenvalue weighted by Gasteiger charge is -2.10. The molecule has 0 aliphatic heterocycles. The summed E-state index contributed by atoms with van der Waals surface area (Å²) in [5.74, 6) is -1.29. The van der Waals surface area contributed by atoms with Crippen molar-refractivity contribution in [3.05, 3.63) is 69.8 Å². The molecular formula is C20H17F3N2O6. The van der Waals surface area contributed by atoms with Crippen molar-refractivity contribution in [2.45, 2.75) is 13.1 Å². The van der Waals surface area contributed by atoms with Crippen LogP contribution >= 0.6 is 0 Å². The number of anilines is 1. The zero-order chi connectivity index (χ0) is 23.0. The van der Waals surface area contributed by atoms with Crippen molar-refractivity contribution < 1.29 is 37.2 Å². The molecule has 1 N–H and O–H groups in total. The first-order valence-electron chi connectivity index (χ1n) is 8.84. The van der Waals surface area contributed by atoms with Gasteiger partial charge in [0.1, 0.15) is 11.4 Å². The van der Waals surface area contributed by atoms with Gasteiger partial charge in [0.25, 0.3) is 11.6 Å². The van der Waals surface area contributed by atoms with E-state index in [9.17, 15) is 32.9 Å². The minimum atomic E-state index is -4.78. The number of benzene rings is 2. The number of carbonyl (C=O) groups excluding carboxylic acids is 2. The van der Waals surface area contributed by atoms with Crippen molar-refractivity contribution in [3.63, 3.8) is 0 Å². The Labute approximate surface area is 174 Å². The van der Waals surface area contributed by atoms with Crippen LogP contribution in [-0.4, -0.2) is 30.0 Å². The topological polar surface area (TPSA) is 108 Å². The molecule has 0 heterocycles. The highest BCUT2D eigenvalue weighted by molar-refractivity contribution is 5.96. The molecule has 0 saturated heterocycles. The zero-order valence-corrected chi connectivity index (χ0v) is 16.1. The number of para-hydroxylation sites is 1. The quantitative estimate of drug-likeness (QED) is 0.286. The third-order valence-corrected chi connectivity index (χ3v) is 3.76. The van der Waals surface area contributed by atoms with E-state index in [1.807, 2.05) is 0 Å². The molecule has 0 bridgehead atoms. The fraction of sp³-hybridized carbons (Fsp3) is 0.200. The number of hydrogen-bond donors (Lipinski definition) is 1. The largest absolute Gasteiger partial charge is 0.493 e. The monoisotopic (exact) mass is 438 g/mol. The number of halogens is 3. The smallest absolute Gasteiger partial charge is 0.416 e. The van der Waals surface area contributed by atoms with Crippen molar-refractivity contribution in [2.75, 3.05) is 18.5 Å². The van der Waals surface area contributed by atoms with E-state index in [1.165, 1.54) is 6.08 Å². The maximum absolute atomic E-state index is 12.7. The predicted molar refractivity (Wildman–Crippen MR) is 104 cm³/mol. The molecular weight excluding hydrogens is 421 g/mol. The van der Waals surface area contributed by atoms with Crippen LogP contribution in [0.2, 0.25) is 0 Å². The van der Waals surface area contributed by atoms with E-state index in [0.717, 1.165) is 12.1 Å². The number of esters is 1. The first kappa shape index (κ1) is 23.4. The van der Waals surface area contributed by atoms with Gasteiger partial charge in [-0.05, 0) is 31.2 Å². The Bertz CT molecular complexity index is 1000. The second kappa shape index (κ2) is 10.2. The van der Waals surface area contributed by atoms with Crippen LogP contribution < -0.4 is 10.1 Å². The molecule has 31 heavy (non-hydrogen) atoms. The van der Waals surface area contributed by atoms with Crippen LogP contribution in [0.25, 0.3) is 6.08 Å². The van der Waals surface area contributed by atoms with Crippen LogP contribution in [0, 0.1) is 10.1 Å². The molecule has 2 aromatic carbocycles. The third-order valence-electron chi connectivity index (χ3n) is 3.76. The van der Waals surface area contributed by atoms with Crippen molar-refractivity contribution in [3.8, 4) is 5.75 Å². The van der Waals surface area contributed by atoms with Gasteiger partial charge in [-0.2, -0.15) is 13.2 Å². The second-order valence-corrected chi connectivity index (χ2v) is 5.95. The van der Waals surface area contributed by atoms with Crippen molar-refractivity contribution in [2.24, 2.45) is 0 Å². The number of nitro benzene ring substituents is 1. The number of nitrogens with one attached hydrogen (secondary N) is 1. The summed E-state index contributed by atoms with van der Waals surface area (Å²) in [6.07, 6.45) is -2.30. The van der Waals surface area contributed by atoms with E-state index in [4.69, 9.17) is 9.47 Å². The van der Waals surface area contributed by atoms with Gasteiger partial charge in [-0.1, -0.05) is 18.2 Å². The van der Waals surface area contributed by atoms with Crippen LogP contribution in [0.5, 0.6) is 5.75 Å². The molecule has 1 amide bonds. The third kappa shape index (κ3) is 6.84. The summed E-state index contributed by atoms with van der Waals surface area (Å²) < 4.78 is 48.3. The molecule has 11 heteroatoms. The van der Waals surface area contributed by atoms with Gasteiger partial charge >= 0.3 is 12.1 Å². The Morgan fingerprint density at radius 3 is 2.55 bits per heavy atom. The van der Waals surface area contributed by atoms with Gasteiger partial charge in [0, 0.05) is 17.7 Å². The molecule has 8 nitrogen and oxygen atoms in total. The Morgan fingerprint density at radius 1 is 1.19 bits per heavy atom. The number of nitrogens with zero attached hydrogens (tertiary/aromatic N) is 1. The summed E-state index contributed by atoms with van der Waals surface area (Å²) in [6.45, 7) is 1.42. The van der Waals surface area contributed by atoms with Crippen LogP contribution in [0.4, 0.5) is 24.5 Å². The van der Waals surface area contributed by atoms with Crippen molar-refractivity contribution in [1.29, 1.82) is 0 Å². The number of rotatable bonds is 8. The number of hydrogen-bond acceptors (Lipinski definition) is 6. The standard InChI is InChI=1S/C20H17F3N2O6/c1-2-30-17-6-4-3-5-13(17)7-10-19(27)31-12-18(26)24-15-9-8-14(20(21,22)23)11-16(15)25(28)29/h3-11H,2,12H2,1H3,(H,24,26)/b10-7+. The van der Waals surface area contributed by atoms with E-state index in [2.05, 4.69) is 5.32 Å². The lowest BCUT2D eigenvalue weighted by atomic mass is 10.1. The molecule has 0 saturated carbocycles. The fourth-order valence-electron chi connectivity index (χ4n) is 2.40. The molecule has 164 valence electrons. The molecule has 0 aliphatic rings. The Balaban J connectivity index is 1.99. The van der Waals surface area contributed by atoms with Gasteiger partial charge in [-0.15, -0.1) is 0 Å². The van der Waals surface area contributed by atoms with Gasteiger partial charge in [-0.3, -0.25) is 14.9 Å². The summed E-state index contributed by atoms with van der Waals surface area (Å²) in [5, 5.41) is 13.1. The lowest BCUT2D eigenvalue weighted by Crippen LogP contribution is -2.21. The van der Waals surface area contributed by atoms with Crippen molar-refractivity contribution in [1.82, 2.24) is 0 Å². The highest BCUT2D eigenvalue weighted by Gasteiger charge is 2.33. The molecule has 2 rings (SSSR count). The molecule has 0 unspecified atom stereocenters. The van der Waals surface area contributed by atoms with Gasteiger partial charge in [-0.25, -0.2) is 4.79 Å². The van der Waals surface area contributed by atoms with Crippen LogP contribution in [0.15, 0.2) is 48.5 Å². The average molecular weight is 438 g/mol. The van der Waals surface area contributed by atoms with E-state index >= 15 is 0 Å². The van der Waals surface area contributed by atoms with Gasteiger partial charge in [0.05, 0.1) is 17.1 Å². The van der Waals surface area contributed by atoms with Gasteiger partial charge in [0.15, 0.2) is 6.61 Å². The summed E-state index contributed by atoms with van der Waals surface area (Å²) >= 11 is 0. The molecule has 0 atom stereocenters. The zero-order valence-electron chi connectivity index (χ0n) is 16.1. The maximum atomic E-state index is 12.7. The van der Waals surface area contributed by atoms with E-state index in [0.29, 0.717) is 30.1 Å². The molecule has 0 aromatic heterocycles. The SMILES string of the molecule is CCOc1ccccc1/C=C/C(=O)OCC(=O)Nc1ccc(C(F)(F)F)cc1[N+](=O)[O-]. The van der Waals surface area contributed by atoms with E-state index < -0.39 is 46.5 Å². The Kier molecular flexibility index (Phi) is 7.72. The van der Waals surface area contributed by atoms with Gasteiger partial charge in [0.2, 0.25) is 0 Å². The highest BCUT2D eigenvalue weighted by Crippen LogP contribution is 2.34. The Hall–Kier alpha value is -3.89. The van der Waals surface area contributed by atoms with Crippen LogP contribution in [0.1, 0.15) is 18.1 Å². The fourth-order valence-corrected chi connectivity index (χ4v) is 2.40. The minimum Gasteiger partial charge on any atom is -0.493 e. The second-order valence-electron chi connectivity index (χ2n) is 5.95. The number of amides is 1. The first-order chi connectivity index (χ1) is 14.6. The predicted octanol–water partition coefficient (Wildman–Crippen LogP) is 4.21. The molecule has 0 fully saturated rings. The van der Waals surface area contributed by atoms with Crippen molar-refractivity contribution >= 4 is 29.3 Å². The molecule has 0 radical (unpaired) electrons. The summed E-state index contributed by atoms with van der Waals surface area (Å²) in [4.78, 5) is 33.7. The highest BCUT2D eigenvalue weighted by atomic mass is 19.4. The van der Waals surface area contributed by atoms with Gasteiger partial charge < -0.3 is 14.8 Å². The van der Waals surface area contributed by atoms with E-state index in [-0.39, 0.29) is 0 Å². The number of ether oxygens (including phenoxy) is 2. The maximum Gasteiger partial charge on any atom is 0.416 e. The number of alkyl halides is 3. The number of carbonyl (C=O) groups is 2. The van der Waals surface area contributed by atoms with Crippen LogP contribution in [0.3, 0.4) is 0 Å². The first-order valence-corrected chi connectivity index (χ1v) is 8.84. The molecule has 0 spiro atoms. The Morgan fingerprint density at radius 2 is 1.90 bits per heavy atom. The lowest BCUT2D eigenvalue weighted by molar-refractivity contribution is -0.384. The number of nitro groups is 1.